The molecule has 0 heterocycles. The summed E-state index contributed by atoms with van der Waals surface area (Å²) < 4.78 is 0. The van der Waals surface area contributed by atoms with Gasteiger partial charge in [-0.05, 0) is 12.8 Å². The Kier molecular flexibility index (Phi) is 14.0. The third-order valence-corrected chi connectivity index (χ3v) is 3.81. The normalized spacial score (nSPS) is 11.2. The topological polar surface area (TPSA) is 20.3 Å². The molecule has 0 saturated carbocycles. The van der Waals surface area contributed by atoms with Crippen molar-refractivity contribution in [1.29, 1.82) is 0 Å². The van der Waals surface area contributed by atoms with Crippen LogP contribution in [0.5, 0.6) is 0 Å². The van der Waals surface area contributed by atoms with Crippen molar-refractivity contribution in [3.8, 4) is 0 Å². The van der Waals surface area contributed by atoms with E-state index in [0.717, 1.165) is 13.0 Å². The van der Waals surface area contributed by atoms with E-state index >= 15 is 0 Å². The maximum absolute atomic E-state index is 11.0. The van der Waals surface area contributed by atoms with E-state index in [9.17, 15) is 4.79 Å². The molecule has 0 aliphatic carbocycles. The molecule has 0 saturated heterocycles. The molecule has 0 aliphatic rings. The lowest BCUT2D eigenvalue weighted by atomic mass is 10.1. The van der Waals surface area contributed by atoms with Crippen LogP contribution in [0.15, 0.2) is 12.2 Å². The minimum atomic E-state index is 0.133. The summed E-state index contributed by atoms with van der Waals surface area (Å²) in [5, 5.41) is 0. The van der Waals surface area contributed by atoms with Crippen LogP contribution < -0.4 is 0 Å². The van der Waals surface area contributed by atoms with Gasteiger partial charge >= 0.3 is 0 Å². The molecular formula is C18H35NO. The van der Waals surface area contributed by atoms with Gasteiger partial charge in [0.15, 0.2) is 0 Å². The van der Waals surface area contributed by atoms with E-state index in [2.05, 4.69) is 19.1 Å². The molecule has 0 aliphatic heterocycles. The van der Waals surface area contributed by atoms with Gasteiger partial charge in [-0.1, -0.05) is 76.9 Å². The Morgan fingerprint density at radius 1 is 0.850 bits per heavy atom. The van der Waals surface area contributed by atoms with Gasteiger partial charge in [0.2, 0.25) is 5.91 Å². The van der Waals surface area contributed by atoms with E-state index in [-0.39, 0.29) is 5.91 Å². The van der Waals surface area contributed by atoms with Crippen molar-refractivity contribution in [2.24, 2.45) is 0 Å². The molecule has 0 aromatic heterocycles. The van der Waals surface area contributed by atoms with Gasteiger partial charge in [-0.2, -0.15) is 0 Å². The molecule has 0 aromatic carbocycles. The van der Waals surface area contributed by atoms with E-state index in [0.29, 0.717) is 0 Å². The molecule has 0 atom stereocenters. The van der Waals surface area contributed by atoms with Crippen LogP contribution in [0.4, 0.5) is 0 Å². The first-order valence-electron chi connectivity index (χ1n) is 8.55. The summed E-state index contributed by atoms with van der Waals surface area (Å²) in [6, 6.07) is 0. The molecule has 0 unspecified atom stereocenters. The van der Waals surface area contributed by atoms with Gasteiger partial charge in [0, 0.05) is 20.5 Å². The maximum atomic E-state index is 11.0. The van der Waals surface area contributed by atoms with Crippen molar-refractivity contribution in [2.75, 3.05) is 13.6 Å². The number of nitrogens with zero attached hydrogens (tertiary/aromatic N) is 1. The van der Waals surface area contributed by atoms with E-state index in [1.165, 1.54) is 64.2 Å². The minimum Gasteiger partial charge on any atom is -0.342 e. The maximum Gasteiger partial charge on any atom is 0.219 e. The molecule has 0 rings (SSSR count). The number of rotatable bonds is 13. The second-order valence-electron chi connectivity index (χ2n) is 5.84. The van der Waals surface area contributed by atoms with Crippen LogP contribution in [-0.4, -0.2) is 24.4 Å². The van der Waals surface area contributed by atoms with Crippen LogP contribution in [0.25, 0.3) is 0 Å². The molecule has 20 heavy (non-hydrogen) atoms. The smallest absolute Gasteiger partial charge is 0.219 e. The highest BCUT2D eigenvalue weighted by molar-refractivity contribution is 5.72. The van der Waals surface area contributed by atoms with Crippen molar-refractivity contribution in [1.82, 2.24) is 4.90 Å². The molecule has 2 heteroatoms. The van der Waals surface area contributed by atoms with E-state index in [1.807, 2.05) is 7.05 Å². The highest BCUT2D eigenvalue weighted by Crippen LogP contribution is 2.11. The fourth-order valence-corrected chi connectivity index (χ4v) is 2.23. The number of likely N-dealkylation sites (N-methyl/N-ethyl adjacent to an activating group) is 1. The lowest BCUT2D eigenvalue weighted by Crippen LogP contribution is -2.23. The van der Waals surface area contributed by atoms with Crippen molar-refractivity contribution >= 4 is 5.91 Å². The zero-order valence-corrected chi connectivity index (χ0v) is 14.0. The monoisotopic (exact) mass is 281 g/mol. The van der Waals surface area contributed by atoms with Crippen LogP contribution in [0.2, 0.25) is 0 Å². The molecule has 0 spiro atoms. The molecule has 1 amide bonds. The number of amides is 1. The van der Waals surface area contributed by atoms with Crippen LogP contribution in [0, 0.1) is 0 Å². The van der Waals surface area contributed by atoms with Crippen molar-refractivity contribution in [2.45, 2.75) is 84.5 Å². The molecule has 118 valence electrons. The second kappa shape index (κ2) is 14.6. The van der Waals surface area contributed by atoms with Crippen molar-refractivity contribution < 1.29 is 4.79 Å². The van der Waals surface area contributed by atoms with E-state index < -0.39 is 0 Å². The zero-order valence-electron chi connectivity index (χ0n) is 14.0. The van der Waals surface area contributed by atoms with Crippen molar-refractivity contribution in [3.63, 3.8) is 0 Å². The van der Waals surface area contributed by atoms with Gasteiger partial charge in [0.05, 0.1) is 0 Å². The summed E-state index contributed by atoms with van der Waals surface area (Å²) >= 11 is 0. The Balaban J connectivity index is 3.16. The molecule has 0 N–H and O–H groups in total. The Labute approximate surface area is 126 Å². The lowest BCUT2D eigenvalue weighted by molar-refractivity contribution is -0.127. The quantitative estimate of drug-likeness (QED) is 0.330. The van der Waals surface area contributed by atoms with Gasteiger partial charge in [-0.15, -0.1) is 0 Å². The fourth-order valence-electron chi connectivity index (χ4n) is 2.23. The number of carbonyl (C=O) groups excluding carboxylic acids is 1. The highest BCUT2D eigenvalue weighted by atomic mass is 16.2. The standard InChI is InChI=1S/C18H35NO/c1-4-5-6-7-8-9-10-11-12-13-14-15-16-17-19(3)18(2)20/h15-16H,4-14,17H2,1-3H3. The first-order valence-corrected chi connectivity index (χ1v) is 8.55. The average molecular weight is 281 g/mol. The fraction of sp³-hybridized carbons (Fsp3) is 0.833. The summed E-state index contributed by atoms with van der Waals surface area (Å²) in [5.41, 5.74) is 0. The van der Waals surface area contributed by atoms with Crippen molar-refractivity contribution in [3.05, 3.63) is 12.2 Å². The minimum absolute atomic E-state index is 0.133. The third kappa shape index (κ3) is 13.6. The summed E-state index contributed by atoms with van der Waals surface area (Å²) in [7, 11) is 1.84. The molecule has 0 bridgehead atoms. The second-order valence-corrected chi connectivity index (χ2v) is 5.84. The Hall–Kier alpha value is -0.790. The SMILES string of the molecule is CCCCCCCCCCCCC=CCN(C)C(C)=O. The summed E-state index contributed by atoms with van der Waals surface area (Å²) in [6.45, 7) is 4.62. The van der Waals surface area contributed by atoms with Crippen LogP contribution >= 0.6 is 0 Å². The average Bonchev–Trinajstić information content (AvgIpc) is 2.43. The summed E-state index contributed by atoms with van der Waals surface area (Å²) in [5.74, 6) is 0.133. The number of carbonyl (C=O) groups is 1. The third-order valence-electron chi connectivity index (χ3n) is 3.81. The summed E-state index contributed by atoms with van der Waals surface area (Å²) in [6.07, 6.45) is 19.4. The van der Waals surface area contributed by atoms with Gasteiger partial charge in [0.25, 0.3) is 0 Å². The van der Waals surface area contributed by atoms with E-state index in [1.54, 1.807) is 11.8 Å². The van der Waals surface area contributed by atoms with Gasteiger partial charge < -0.3 is 4.90 Å². The highest BCUT2D eigenvalue weighted by Gasteiger charge is 1.96. The Morgan fingerprint density at radius 3 is 1.85 bits per heavy atom. The Morgan fingerprint density at radius 2 is 1.35 bits per heavy atom. The van der Waals surface area contributed by atoms with Gasteiger partial charge in [-0.25, -0.2) is 0 Å². The predicted octanol–water partition coefficient (Wildman–Crippen LogP) is 5.33. The van der Waals surface area contributed by atoms with Crippen LogP contribution in [-0.2, 0) is 4.79 Å². The first kappa shape index (κ1) is 19.2. The molecule has 0 radical (unpaired) electrons. The largest absolute Gasteiger partial charge is 0.342 e. The number of allylic oxidation sites excluding steroid dienone is 1. The molecule has 0 fully saturated rings. The zero-order chi connectivity index (χ0) is 15.1. The summed E-state index contributed by atoms with van der Waals surface area (Å²) in [4.78, 5) is 12.7. The van der Waals surface area contributed by atoms with E-state index in [4.69, 9.17) is 0 Å². The molecular weight excluding hydrogens is 246 g/mol. The predicted molar refractivity (Wildman–Crippen MR) is 88.9 cm³/mol. The van der Waals surface area contributed by atoms with Gasteiger partial charge in [-0.3, -0.25) is 4.79 Å². The molecule has 2 nitrogen and oxygen atoms in total. The Bertz CT molecular complexity index is 248. The number of hydrogen-bond acceptors (Lipinski definition) is 1. The number of unbranched alkanes of at least 4 members (excludes halogenated alkanes) is 10. The molecule has 0 aromatic rings. The number of hydrogen-bond donors (Lipinski definition) is 0. The van der Waals surface area contributed by atoms with Crippen LogP contribution in [0.1, 0.15) is 84.5 Å². The first-order chi connectivity index (χ1) is 9.68. The van der Waals surface area contributed by atoms with Gasteiger partial charge in [0.1, 0.15) is 0 Å². The van der Waals surface area contributed by atoms with Crippen LogP contribution in [0.3, 0.4) is 0 Å². The lowest BCUT2D eigenvalue weighted by Gasteiger charge is -2.10.